The summed E-state index contributed by atoms with van der Waals surface area (Å²) < 4.78 is 38.3. The van der Waals surface area contributed by atoms with E-state index in [1.54, 1.807) is 11.2 Å². The second-order valence-electron chi connectivity index (χ2n) is 4.46. The number of hydrogen-bond donors (Lipinski definition) is 1. The first-order chi connectivity index (χ1) is 8.90. The SMILES string of the molecule is CSc1nc(N)cc(N2CCCC(C(F)(F)F)C2)n1. The number of thioether (sulfide) groups is 1. The molecule has 2 heterocycles. The van der Waals surface area contributed by atoms with Crippen LogP contribution in [0.25, 0.3) is 0 Å². The zero-order valence-corrected chi connectivity index (χ0v) is 11.3. The van der Waals surface area contributed by atoms with Gasteiger partial charge in [-0.2, -0.15) is 13.2 Å². The van der Waals surface area contributed by atoms with Crippen molar-refractivity contribution < 1.29 is 13.2 Å². The van der Waals surface area contributed by atoms with Gasteiger partial charge in [0.1, 0.15) is 11.6 Å². The fourth-order valence-electron chi connectivity index (χ4n) is 2.14. The first-order valence-electron chi connectivity index (χ1n) is 5.90. The van der Waals surface area contributed by atoms with E-state index in [4.69, 9.17) is 5.73 Å². The highest BCUT2D eigenvalue weighted by Gasteiger charge is 2.42. The summed E-state index contributed by atoms with van der Waals surface area (Å²) in [7, 11) is 0. The summed E-state index contributed by atoms with van der Waals surface area (Å²) in [5.41, 5.74) is 5.65. The van der Waals surface area contributed by atoms with Crippen molar-refractivity contribution in [1.29, 1.82) is 0 Å². The number of anilines is 2. The number of alkyl halides is 3. The number of rotatable bonds is 2. The van der Waals surface area contributed by atoms with Crippen molar-refractivity contribution in [3.05, 3.63) is 6.07 Å². The highest BCUT2D eigenvalue weighted by atomic mass is 32.2. The molecule has 1 fully saturated rings. The van der Waals surface area contributed by atoms with Gasteiger partial charge in [-0.1, -0.05) is 11.8 Å². The van der Waals surface area contributed by atoms with Crippen molar-refractivity contribution in [2.24, 2.45) is 5.92 Å². The van der Waals surface area contributed by atoms with Gasteiger partial charge in [0.15, 0.2) is 5.16 Å². The molecule has 0 aliphatic carbocycles. The monoisotopic (exact) mass is 292 g/mol. The maximum Gasteiger partial charge on any atom is 0.393 e. The van der Waals surface area contributed by atoms with Crippen LogP contribution in [-0.4, -0.2) is 35.5 Å². The van der Waals surface area contributed by atoms with Gasteiger partial charge in [-0.05, 0) is 19.1 Å². The molecule has 2 N–H and O–H groups in total. The van der Waals surface area contributed by atoms with Crippen LogP contribution >= 0.6 is 11.8 Å². The third-order valence-electron chi connectivity index (χ3n) is 3.10. The standard InChI is InChI=1S/C11H15F3N4S/c1-19-10-16-8(15)5-9(17-10)18-4-2-3-7(6-18)11(12,13)14/h5,7H,2-4,6H2,1H3,(H2,15,16,17). The largest absolute Gasteiger partial charge is 0.393 e. The van der Waals surface area contributed by atoms with E-state index in [1.165, 1.54) is 17.8 Å². The minimum absolute atomic E-state index is 0.0617. The van der Waals surface area contributed by atoms with Crippen LogP contribution in [0.1, 0.15) is 12.8 Å². The van der Waals surface area contributed by atoms with Crippen LogP contribution in [0.3, 0.4) is 0 Å². The molecular weight excluding hydrogens is 277 g/mol. The Morgan fingerprint density at radius 3 is 2.79 bits per heavy atom. The molecule has 0 bridgehead atoms. The first kappa shape index (κ1) is 14.2. The molecule has 19 heavy (non-hydrogen) atoms. The van der Waals surface area contributed by atoms with Gasteiger partial charge in [0, 0.05) is 19.2 Å². The van der Waals surface area contributed by atoms with Gasteiger partial charge in [0.05, 0.1) is 5.92 Å². The van der Waals surface area contributed by atoms with Crippen molar-refractivity contribution in [1.82, 2.24) is 9.97 Å². The summed E-state index contributed by atoms with van der Waals surface area (Å²) >= 11 is 1.32. The van der Waals surface area contributed by atoms with Crippen molar-refractivity contribution in [2.45, 2.75) is 24.2 Å². The quantitative estimate of drug-likeness (QED) is 0.670. The van der Waals surface area contributed by atoms with Crippen molar-refractivity contribution in [3.8, 4) is 0 Å². The number of aromatic nitrogens is 2. The van der Waals surface area contributed by atoms with Gasteiger partial charge < -0.3 is 10.6 Å². The first-order valence-corrected chi connectivity index (χ1v) is 7.13. The number of halogens is 3. The van der Waals surface area contributed by atoms with Crippen LogP contribution in [0.2, 0.25) is 0 Å². The molecule has 8 heteroatoms. The summed E-state index contributed by atoms with van der Waals surface area (Å²) in [6.45, 7) is 0.505. The molecule has 1 atom stereocenters. The molecule has 1 aromatic heterocycles. The van der Waals surface area contributed by atoms with E-state index in [-0.39, 0.29) is 18.8 Å². The fraction of sp³-hybridized carbons (Fsp3) is 0.636. The number of nitrogens with zero attached hydrogens (tertiary/aromatic N) is 3. The molecule has 4 nitrogen and oxygen atoms in total. The number of nitrogens with two attached hydrogens (primary N) is 1. The van der Waals surface area contributed by atoms with Gasteiger partial charge in [0.25, 0.3) is 0 Å². The van der Waals surface area contributed by atoms with Crippen LogP contribution < -0.4 is 10.6 Å². The van der Waals surface area contributed by atoms with Crippen LogP contribution in [0.15, 0.2) is 11.2 Å². The molecule has 106 valence electrons. The summed E-state index contributed by atoms with van der Waals surface area (Å²) in [4.78, 5) is 9.86. The lowest BCUT2D eigenvalue weighted by atomic mass is 9.97. The lowest BCUT2D eigenvalue weighted by Crippen LogP contribution is -2.42. The number of nitrogen functional groups attached to an aromatic ring is 1. The molecule has 1 unspecified atom stereocenters. The Bertz CT molecular complexity index is 452. The van der Waals surface area contributed by atoms with E-state index in [0.717, 1.165) is 0 Å². The minimum atomic E-state index is -4.15. The van der Waals surface area contributed by atoms with Gasteiger partial charge in [0.2, 0.25) is 0 Å². The van der Waals surface area contributed by atoms with Gasteiger partial charge in [-0.15, -0.1) is 0 Å². The average molecular weight is 292 g/mol. The molecule has 2 rings (SSSR count). The topological polar surface area (TPSA) is 55.0 Å². The Kier molecular flexibility index (Phi) is 4.07. The predicted molar refractivity (Wildman–Crippen MR) is 69.2 cm³/mol. The van der Waals surface area contributed by atoms with E-state index < -0.39 is 12.1 Å². The van der Waals surface area contributed by atoms with Crippen LogP contribution in [0, 0.1) is 5.92 Å². The van der Waals surface area contributed by atoms with E-state index in [2.05, 4.69) is 9.97 Å². The third-order valence-corrected chi connectivity index (χ3v) is 3.65. The second-order valence-corrected chi connectivity index (χ2v) is 5.24. The highest BCUT2D eigenvalue weighted by molar-refractivity contribution is 7.98. The Morgan fingerprint density at radius 2 is 2.16 bits per heavy atom. The number of piperidine rings is 1. The van der Waals surface area contributed by atoms with Crippen LogP contribution in [0.5, 0.6) is 0 Å². The molecular formula is C11H15F3N4S. The second kappa shape index (κ2) is 5.44. The summed E-state index contributed by atoms with van der Waals surface area (Å²) in [5.74, 6) is -0.538. The van der Waals surface area contributed by atoms with Crippen molar-refractivity contribution in [3.63, 3.8) is 0 Å². The Balaban J connectivity index is 2.19. The zero-order valence-electron chi connectivity index (χ0n) is 10.4. The van der Waals surface area contributed by atoms with Crippen LogP contribution in [-0.2, 0) is 0 Å². The molecule has 1 aromatic rings. The van der Waals surface area contributed by atoms with E-state index in [0.29, 0.717) is 23.9 Å². The molecule has 0 spiro atoms. The third kappa shape index (κ3) is 3.43. The molecule has 1 aliphatic rings. The van der Waals surface area contributed by atoms with Crippen LogP contribution in [0.4, 0.5) is 24.8 Å². The van der Waals surface area contributed by atoms with Gasteiger partial charge in [-0.25, -0.2) is 9.97 Å². The van der Waals surface area contributed by atoms with Crippen molar-refractivity contribution >= 4 is 23.4 Å². The van der Waals surface area contributed by atoms with Crippen molar-refractivity contribution in [2.75, 3.05) is 30.0 Å². The lowest BCUT2D eigenvalue weighted by molar-refractivity contribution is -0.176. The van der Waals surface area contributed by atoms with Gasteiger partial charge >= 0.3 is 6.18 Å². The normalized spacial score (nSPS) is 20.6. The summed E-state index contributed by atoms with van der Waals surface area (Å²) in [5, 5.41) is 0.476. The van der Waals surface area contributed by atoms with E-state index >= 15 is 0 Å². The molecule has 0 aromatic carbocycles. The predicted octanol–water partition coefficient (Wildman–Crippen LogP) is 2.56. The average Bonchev–Trinajstić information content (AvgIpc) is 2.37. The molecule has 0 amide bonds. The molecule has 1 saturated heterocycles. The lowest BCUT2D eigenvalue weighted by Gasteiger charge is -2.34. The Hall–Kier alpha value is -1.18. The summed E-state index contributed by atoms with van der Waals surface area (Å²) in [6, 6.07) is 1.53. The zero-order chi connectivity index (χ0) is 14.0. The summed E-state index contributed by atoms with van der Waals surface area (Å²) in [6.07, 6.45) is -1.68. The van der Waals surface area contributed by atoms with E-state index in [9.17, 15) is 13.2 Å². The Labute approximate surface area is 113 Å². The smallest absolute Gasteiger partial charge is 0.383 e. The minimum Gasteiger partial charge on any atom is -0.383 e. The highest BCUT2D eigenvalue weighted by Crippen LogP contribution is 2.34. The van der Waals surface area contributed by atoms with Gasteiger partial charge in [-0.3, -0.25) is 0 Å². The number of hydrogen-bond acceptors (Lipinski definition) is 5. The fourth-order valence-corrected chi connectivity index (χ4v) is 2.52. The molecule has 1 aliphatic heterocycles. The maximum absolute atomic E-state index is 12.8. The molecule has 0 saturated carbocycles. The maximum atomic E-state index is 12.8. The Morgan fingerprint density at radius 1 is 1.42 bits per heavy atom. The van der Waals surface area contributed by atoms with E-state index in [1.807, 2.05) is 0 Å². The molecule has 0 radical (unpaired) electrons.